The third-order valence-electron chi connectivity index (χ3n) is 5.98. The van der Waals surface area contributed by atoms with Crippen molar-refractivity contribution in [2.24, 2.45) is 0 Å². The standard InChI is InChI=1S/C25H30N4O4/c30-23-17-20(19-9-2-1-3-10-19)26-14-8-16-28(15-7-6-13-27-23)24(31)18-29-21-11-4-5-12-22(21)33-25(29)32/h1-5,9-12,20,26H,6-8,13-18H2,(H,27,30). The van der Waals surface area contributed by atoms with E-state index in [1.807, 2.05) is 41.3 Å². The predicted octanol–water partition coefficient (Wildman–Crippen LogP) is 2.44. The van der Waals surface area contributed by atoms with Crippen LogP contribution in [0.2, 0.25) is 0 Å². The molecule has 2 N–H and O–H groups in total. The first-order valence-corrected chi connectivity index (χ1v) is 11.5. The van der Waals surface area contributed by atoms with Crippen molar-refractivity contribution in [3.8, 4) is 0 Å². The molecule has 174 valence electrons. The first-order chi connectivity index (χ1) is 16.1. The SMILES string of the molecule is O=C1CC(c2ccccc2)NCCCN(C(=O)Cn2c(=O)oc3ccccc32)CCCCN1. The summed E-state index contributed by atoms with van der Waals surface area (Å²) in [6, 6.07) is 17.0. The van der Waals surface area contributed by atoms with Gasteiger partial charge in [-0.05, 0) is 43.5 Å². The number of hydrogen-bond donors (Lipinski definition) is 2. The predicted molar refractivity (Wildman–Crippen MR) is 126 cm³/mol. The maximum atomic E-state index is 13.1. The zero-order valence-corrected chi connectivity index (χ0v) is 18.7. The number of rotatable bonds is 3. The van der Waals surface area contributed by atoms with Gasteiger partial charge in [0.05, 0.1) is 5.52 Å². The highest BCUT2D eigenvalue weighted by Gasteiger charge is 2.19. The lowest BCUT2D eigenvalue weighted by Crippen LogP contribution is -2.38. The Labute approximate surface area is 192 Å². The number of amides is 2. The van der Waals surface area contributed by atoms with Crippen LogP contribution >= 0.6 is 0 Å². The Balaban J connectivity index is 1.43. The quantitative estimate of drug-likeness (QED) is 0.639. The van der Waals surface area contributed by atoms with Crippen molar-refractivity contribution in [3.05, 3.63) is 70.7 Å². The van der Waals surface area contributed by atoms with E-state index in [1.165, 1.54) is 4.57 Å². The summed E-state index contributed by atoms with van der Waals surface area (Å²) in [5, 5.41) is 6.46. The minimum absolute atomic E-state index is 0.0229. The Morgan fingerprint density at radius 2 is 1.70 bits per heavy atom. The van der Waals surface area contributed by atoms with E-state index in [9.17, 15) is 14.4 Å². The van der Waals surface area contributed by atoms with Gasteiger partial charge in [-0.1, -0.05) is 42.5 Å². The molecule has 1 unspecified atom stereocenters. The summed E-state index contributed by atoms with van der Waals surface area (Å²) in [6.07, 6.45) is 2.69. The first-order valence-electron chi connectivity index (χ1n) is 11.5. The van der Waals surface area contributed by atoms with Crippen molar-refractivity contribution in [2.45, 2.75) is 38.3 Å². The number of carbonyl (C=O) groups excluding carboxylic acids is 2. The molecule has 1 fully saturated rings. The van der Waals surface area contributed by atoms with Crippen LogP contribution in [-0.2, 0) is 16.1 Å². The van der Waals surface area contributed by atoms with E-state index in [1.54, 1.807) is 18.2 Å². The number of fused-ring (bicyclic) bond motifs is 1. The Morgan fingerprint density at radius 3 is 2.55 bits per heavy atom. The highest BCUT2D eigenvalue weighted by molar-refractivity contribution is 5.79. The van der Waals surface area contributed by atoms with Crippen LogP contribution in [0.3, 0.4) is 0 Å². The number of aromatic nitrogens is 1. The van der Waals surface area contributed by atoms with Gasteiger partial charge >= 0.3 is 5.76 Å². The number of nitrogens with zero attached hydrogens (tertiary/aromatic N) is 2. The molecular formula is C25H30N4O4. The zero-order valence-electron chi connectivity index (χ0n) is 18.7. The van der Waals surface area contributed by atoms with Gasteiger partial charge < -0.3 is 20.0 Å². The molecule has 1 aromatic heterocycles. The van der Waals surface area contributed by atoms with Crippen LogP contribution in [0.25, 0.3) is 11.1 Å². The molecule has 0 saturated carbocycles. The van der Waals surface area contributed by atoms with Crippen molar-refractivity contribution in [3.63, 3.8) is 0 Å². The highest BCUT2D eigenvalue weighted by atomic mass is 16.4. The summed E-state index contributed by atoms with van der Waals surface area (Å²) >= 11 is 0. The van der Waals surface area contributed by atoms with Gasteiger partial charge in [-0.3, -0.25) is 14.2 Å². The topological polar surface area (TPSA) is 96.6 Å². The van der Waals surface area contributed by atoms with Gasteiger partial charge in [-0.15, -0.1) is 0 Å². The molecule has 0 radical (unpaired) electrons. The number of para-hydroxylation sites is 2. The van der Waals surface area contributed by atoms with Gasteiger partial charge in [-0.2, -0.15) is 0 Å². The van der Waals surface area contributed by atoms with E-state index in [2.05, 4.69) is 10.6 Å². The molecule has 33 heavy (non-hydrogen) atoms. The minimum atomic E-state index is -0.523. The van der Waals surface area contributed by atoms with Crippen LogP contribution in [0, 0.1) is 0 Å². The average molecular weight is 451 g/mol. The maximum absolute atomic E-state index is 13.1. The molecule has 4 rings (SSSR count). The summed E-state index contributed by atoms with van der Waals surface area (Å²) in [5.41, 5.74) is 2.17. The summed E-state index contributed by atoms with van der Waals surface area (Å²) < 4.78 is 6.65. The lowest BCUT2D eigenvalue weighted by Gasteiger charge is -2.23. The lowest BCUT2D eigenvalue weighted by atomic mass is 10.0. The van der Waals surface area contributed by atoms with Crippen LogP contribution in [0.5, 0.6) is 0 Å². The van der Waals surface area contributed by atoms with Crippen LogP contribution in [0.15, 0.2) is 63.8 Å². The Kier molecular flexibility index (Phi) is 7.57. The molecule has 1 aliphatic rings. The summed E-state index contributed by atoms with van der Waals surface area (Å²) in [5.74, 6) is -0.609. The van der Waals surface area contributed by atoms with E-state index in [0.717, 1.165) is 24.8 Å². The minimum Gasteiger partial charge on any atom is -0.408 e. The van der Waals surface area contributed by atoms with Crippen molar-refractivity contribution < 1.29 is 14.0 Å². The Bertz CT molecular complexity index is 1140. The van der Waals surface area contributed by atoms with Crippen molar-refractivity contribution in [1.29, 1.82) is 0 Å². The number of benzene rings is 2. The van der Waals surface area contributed by atoms with E-state index in [4.69, 9.17) is 4.42 Å². The maximum Gasteiger partial charge on any atom is 0.420 e. The van der Waals surface area contributed by atoms with E-state index in [-0.39, 0.29) is 24.4 Å². The molecule has 2 amide bonds. The Hall–Kier alpha value is -3.39. The molecule has 1 saturated heterocycles. The summed E-state index contributed by atoms with van der Waals surface area (Å²) in [7, 11) is 0. The number of nitrogens with one attached hydrogen (secondary N) is 2. The third-order valence-corrected chi connectivity index (χ3v) is 5.98. The molecule has 0 aliphatic carbocycles. The average Bonchev–Trinajstić information content (AvgIpc) is 3.15. The first kappa shape index (κ1) is 22.8. The van der Waals surface area contributed by atoms with Crippen molar-refractivity contribution in [2.75, 3.05) is 26.2 Å². The molecule has 8 heteroatoms. The van der Waals surface area contributed by atoms with Crippen LogP contribution in [-0.4, -0.2) is 47.5 Å². The number of carbonyl (C=O) groups is 2. The largest absolute Gasteiger partial charge is 0.420 e. The van der Waals surface area contributed by atoms with Gasteiger partial charge in [0, 0.05) is 32.1 Å². The van der Waals surface area contributed by atoms with Crippen LogP contribution in [0.4, 0.5) is 0 Å². The fourth-order valence-electron chi connectivity index (χ4n) is 4.21. The van der Waals surface area contributed by atoms with Gasteiger partial charge in [0.2, 0.25) is 11.8 Å². The normalized spacial score (nSPS) is 18.7. The fraction of sp³-hybridized carbons (Fsp3) is 0.400. The second-order valence-corrected chi connectivity index (χ2v) is 8.33. The molecular weight excluding hydrogens is 420 g/mol. The second-order valence-electron chi connectivity index (χ2n) is 8.33. The second kappa shape index (κ2) is 11.0. The molecule has 8 nitrogen and oxygen atoms in total. The lowest BCUT2D eigenvalue weighted by molar-refractivity contribution is -0.132. The van der Waals surface area contributed by atoms with Crippen LogP contribution in [0.1, 0.15) is 37.3 Å². The van der Waals surface area contributed by atoms with Crippen molar-refractivity contribution in [1.82, 2.24) is 20.1 Å². The molecule has 1 atom stereocenters. The third kappa shape index (κ3) is 5.90. The summed E-state index contributed by atoms with van der Waals surface area (Å²) in [4.78, 5) is 39.6. The molecule has 2 heterocycles. The molecule has 3 aromatic rings. The molecule has 1 aliphatic heterocycles. The number of hydrogen-bond acceptors (Lipinski definition) is 5. The number of oxazole rings is 1. The smallest absolute Gasteiger partial charge is 0.408 e. The fourth-order valence-corrected chi connectivity index (χ4v) is 4.21. The molecule has 2 aromatic carbocycles. The molecule has 0 spiro atoms. The van der Waals surface area contributed by atoms with Gasteiger partial charge in [0.15, 0.2) is 5.58 Å². The van der Waals surface area contributed by atoms with Crippen LogP contribution < -0.4 is 16.4 Å². The van der Waals surface area contributed by atoms with E-state index >= 15 is 0 Å². The van der Waals surface area contributed by atoms with Crippen molar-refractivity contribution >= 4 is 22.9 Å². The highest BCUT2D eigenvalue weighted by Crippen LogP contribution is 2.17. The van der Waals surface area contributed by atoms with Gasteiger partial charge in [-0.25, -0.2) is 4.79 Å². The van der Waals surface area contributed by atoms with E-state index < -0.39 is 5.76 Å². The van der Waals surface area contributed by atoms with Gasteiger partial charge in [0.1, 0.15) is 6.54 Å². The zero-order chi connectivity index (χ0) is 23.0. The summed E-state index contributed by atoms with van der Waals surface area (Å²) in [6.45, 7) is 2.37. The monoisotopic (exact) mass is 450 g/mol. The van der Waals surface area contributed by atoms with E-state index in [0.29, 0.717) is 43.7 Å². The molecule has 0 bridgehead atoms. The Morgan fingerprint density at radius 1 is 0.939 bits per heavy atom. The van der Waals surface area contributed by atoms with Gasteiger partial charge in [0.25, 0.3) is 0 Å².